The molecule has 2 aromatic carbocycles. The number of carbonyl (C=O) groups is 2. The first-order valence-corrected chi connectivity index (χ1v) is 11.1. The van der Waals surface area contributed by atoms with Crippen LogP contribution in [0.5, 0.6) is 0 Å². The van der Waals surface area contributed by atoms with E-state index in [2.05, 4.69) is 25.8 Å². The van der Waals surface area contributed by atoms with Gasteiger partial charge in [0, 0.05) is 24.5 Å². The molecular formula is C25H22ClN5O2. The van der Waals surface area contributed by atoms with Crippen molar-refractivity contribution in [2.45, 2.75) is 23.8 Å². The number of pyridine rings is 1. The number of hydrogen-bond acceptors (Lipinski definition) is 4. The van der Waals surface area contributed by atoms with Gasteiger partial charge in [0.05, 0.1) is 23.5 Å². The molecule has 1 saturated carbocycles. The molecule has 166 valence electrons. The largest absolute Gasteiger partial charge is 0.352 e. The van der Waals surface area contributed by atoms with Crippen molar-refractivity contribution >= 4 is 34.2 Å². The Bertz CT molecular complexity index is 1320. The summed E-state index contributed by atoms with van der Waals surface area (Å²) in [6.07, 6.45) is 6.15. The number of nitrogens with zero attached hydrogens (tertiary/aromatic N) is 2. The third-order valence-corrected chi connectivity index (χ3v) is 6.43. The van der Waals surface area contributed by atoms with Crippen LogP contribution in [-0.2, 0) is 4.79 Å². The first kappa shape index (κ1) is 21.2. The van der Waals surface area contributed by atoms with E-state index in [-0.39, 0.29) is 18.4 Å². The van der Waals surface area contributed by atoms with E-state index in [1.807, 2.05) is 48.5 Å². The van der Waals surface area contributed by atoms with Crippen molar-refractivity contribution in [3.05, 3.63) is 84.3 Å². The molecule has 7 nitrogen and oxygen atoms in total. The van der Waals surface area contributed by atoms with Crippen molar-refractivity contribution in [2.75, 3.05) is 6.54 Å². The van der Waals surface area contributed by atoms with Gasteiger partial charge in [-0.2, -0.15) is 5.10 Å². The zero-order valence-electron chi connectivity index (χ0n) is 17.7. The Balaban J connectivity index is 1.42. The zero-order chi connectivity index (χ0) is 22.8. The lowest BCUT2D eigenvalue weighted by Crippen LogP contribution is -2.41. The molecule has 0 aliphatic heterocycles. The predicted molar refractivity (Wildman–Crippen MR) is 127 cm³/mol. The van der Waals surface area contributed by atoms with E-state index >= 15 is 0 Å². The van der Waals surface area contributed by atoms with E-state index in [4.69, 9.17) is 11.6 Å². The second kappa shape index (κ2) is 8.67. The highest BCUT2D eigenvalue weighted by atomic mass is 35.5. The van der Waals surface area contributed by atoms with Crippen LogP contribution >= 0.6 is 11.6 Å². The second-order valence-electron chi connectivity index (χ2n) is 8.21. The molecule has 0 saturated heterocycles. The molecule has 3 N–H and O–H groups in total. The lowest BCUT2D eigenvalue weighted by atomic mass is 10.0. The lowest BCUT2D eigenvalue weighted by molar-refractivity contribution is -0.121. The standard InChI is InChI=1S/C25H22ClN5O2/c26-25(9-10-25)24(33)28-15-21(18-8-7-16-4-1-2-5-17(16)12-18)30-23(32)20-14-29-31-22(20)19-6-3-11-27-13-19/h1-8,11-14,21H,9-10,15H2,(H,28,33)(H,29,31)(H,30,32). The fraction of sp³-hybridized carbons (Fsp3) is 0.200. The van der Waals surface area contributed by atoms with Crippen molar-refractivity contribution < 1.29 is 9.59 Å². The summed E-state index contributed by atoms with van der Waals surface area (Å²) < 4.78 is 0. The number of alkyl halides is 1. The zero-order valence-corrected chi connectivity index (χ0v) is 18.5. The van der Waals surface area contributed by atoms with Crippen molar-refractivity contribution in [3.63, 3.8) is 0 Å². The molecule has 33 heavy (non-hydrogen) atoms. The van der Waals surface area contributed by atoms with Crippen LogP contribution in [0.3, 0.4) is 0 Å². The fourth-order valence-corrected chi connectivity index (χ4v) is 3.95. The van der Waals surface area contributed by atoms with Crippen LogP contribution in [0.25, 0.3) is 22.0 Å². The van der Waals surface area contributed by atoms with Gasteiger partial charge in [0.2, 0.25) is 5.91 Å². The van der Waals surface area contributed by atoms with Crippen LogP contribution in [0.1, 0.15) is 34.8 Å². The summed E-state index contributed by atoms with van der Waals surface area (Å²) in [6.45, 7) is 0.220. The number of nitrogens with one attached hydrogen (secondary N) is 3. The average molecular weight is 460 g/mol. The van der Waals surface area contributed by atoms with E-state index in [0.717, 1.165) is 21.9 Å². The van der Waals surface area contributed by atoms with Crippen LogP contribution in [0.2, 0.25) is 0 Å². The smallest absolute Gasteiger partial charge is 0.255 e. The molecule has 0 spiro atoms. The Morgan fingerprint density at radius 3 is 2.64 bits per heavy atom. The summed E-state index contributed by atoms with van der Waals surface area (Å²) in [5.41, 5.74) is 2.62. The number of H-pyrrole nitrogens is 1. The number of hydrogen-bond donors (Lipinski definition) is 3. The summed E-state index contributed by atoms with van der Waals surface area (Å²) in [5, 5.41) is 15.1. The number of aromatic amines is 1. The summed E-state index contributed by atoms with van der Waals surface area (Å²) >= 11 is 6.26. The molecule has 1 atom stereocenters. The van der Waals surface area contributed by atoms with Gasteiger partial charge < -0.3 is 10.6 Å². The Kier molecular flexibility index (Phi) is 5.56. The van der Waals surface area contributed by atoms with E-state index in [1.54, 1.807) is 18.5 Å². The minimum atomic E-state index is -0.810. The number of fused-ring (bicyclic) bond motifs is 1. The Labute approximate surface area is 195 Å². The minimum Gasteiger partial charge on any atom is -0.352 e. The van der Waals surface area contributed by atoms with Gasteiger partial charge in [-0.3, -0.25) is 19.7 Å². The van der Waals surface area contributed by atoms with Crippen LogP contribution in [0.15, 0.2) is 73.2 Å². The summed E-state index contributed by atoms with van der Waals surface area (Å²) in [5.74, 6) is -0.509. The van der Waals surface area contributed by atoms with Gasteiger partial charge >= 0.3 is 0 Å². The molecule has 1 unspecified atom stereocenters. The highest BCUT2D eigenvalue weighted by molar-refractivity contribution is 6.37. The van der Waals surface area contributed by atoms with Gasteiger partial charge in [0.25, 0.3) is 5.91 Å². The van der Waals surface area contributed by atoms with Crippen molar-refractivity contribution in [1.29, 1.82) is 0 Å². The summed E-state index contributed by atoms with van der Waals surface area (Å²) in [7, 11) is 0. The van der Waals surface area contributed by atoms with E-state index in [1.165, 1.54) is 6.20 Å². The van der Waals surface area contributed by atoms with E-state index < -0.39 is 10.9 Å². The number of aromatic nitrogens is 3. The molecule has 2 aromatic heterocycles. The average Bonchev–Trinajstić information content (AvgIpc) is 3.41. The van der Waals surface area contributed by atoms with Crippen LogP contribution < -0.4 is 10.6 Å². The van der Waals surface area contributed by atoms with Crippen LogP contribution in [-0.4, -0.2) is 38.4 Å². The van der Waals surface area contributed by atoms with E-state index in [0.29, 0.717) is 24.1 Å². The number of benzene rings is 2. The summed E-state index contributed by atoms with van der Waals surface area (Å²) in [4.78, 5) is 29.0. The normalized spacial score (nSPS) is 15.1. The van der Waals surface area contributed by atoms with Crippen LogP contribution in [0.4, 0.5) is 0 Å². The molecule has 2 heterocycles. The fourth-order valence-electron chi connectivity index (χ4n) is 3.79. The third kappa shape index (κ3) is 4.45. The molecular weight excluding hydrogens is 438 g/mol. The number of carbonyl (C=O) groups excluding carboxylic acids is 2. The Morgan fingerprint density at radius 1 is 1.06 bits per heavy atom. The Hall–Kier alpha value is -3.71. The number of rotatable bonds is 7. The van der Waals surface area contributed by atoms with Crippen LogP contribution in [0, 0.1) is 0 Å². The van der Waals surface area contributed by atoms with Gasteiger partial charge in [-0.1, -0.05) is 36.4 Å². The first-order chi connectivity index (χ1) is 16.0. The monoisotopic (exact) mass is 459 g/mol. The maximum absolute atomic E-state index is 13.3. The quantitative estimate of drug-likeness (QED) is 0.364. The molecule has 0 radical (unpaired) electrons. The van der Waals surface area contributed by atoms with E-state index in [9.17, 15) is 9.59 Å². The molecule has 5 rings (SSSR count). The molecule has 2 amide bonds. The highest BCUT2D eigenvalue weighted by Gasteiger charge is 2.48. The van der Waals surface area contributed by atoms with Crippen molar-refractivity contribution in [1.82, 2.24) is 25.8 Å². The first-order valence-electron chi connectivity index (χ1n) is 10.7. The molecule has 1 aliphatic rings. The van der Waals surface area contributed by atoms with Gasteiger partial charge in [-0.25, -0.2) is 0 Å². The SMILES string of the molecule is O=C(NC(CNC(=O)C1(Cl)CC1)c1ccc2ccccc2c1)c1cn[nH]c1-c1cccnc1. The second-order valence-corrected chi connectivity index (χ2v) is 8.93. The third-order valence-electron chi connectivity index (χ3n) is 5.88. The predicted octanol–water partition coefficient (Wildman–Crippen LogP) is 3.98. The van der Waals surface area contributed by atoms with Crippen molar-refractivity contribution in [3.8, 4) is 11.3 Å². The molecule has 1 aliphatic carbocycles. The van der Waals surface area contributed by atoms with Gasteiger partial charge in [-0.15, -0.1) is 11.6 Å². The molecule has 8 heteroatoms. The Morgan fingerprint density at radius 2 is 1.88 bits per heavy atom. The topological polar surface area (TPSA) is 99.8 Å². The summed E-state index contributed by atoms with van der Waals surface area (Å²) in [6, 6.07) is 17.2. The highest BCUT2D eigenvalue weighted by Crippen LogP contribution is 2.42. The minimum absolute atomic E-state index is 0.205. The molecule has 1 fully saturated rings. The molecule has 4 aromatic rings. The van der Waals surface area contributed by atoms with Gasteiger partial charge in [-0.05, 0) is 47.4 Å². The van der Waals surface area contributed by atoms with Gasteiger partial charge in [0.1, 0.15) is 4.87 Å². The number of halogens is 1. The maximum atomic E-state index is 13.3. The van der Waals surface area contributed by atoms with Crippen molar-refractivity contribution in [2.24, 2.45) is 0 Å². The number of amides is 2. The van der Waals surface area contributed by atoms with Gasteiger partial charge in [0.15, 0.2) is 0 Å². The lowest BCUT2D eigenvalue weighted by Gasteiger charge is -2.21. The maximum Gasteiger partial charge on any atom is 0.255 e. The molecule has 0 bridgehead atoms.